The van der Waals surface area contributed by atoms with E-state index in [2.05, 4.69) is 12.2 Å². The lowest BCUT2D eigenvalue weighted by molar-refractivity contribution is -0.121. The summed E-state index contributed by atoms with van der Waals surface area (Å²) in [6, 6.07) is 12.4. The standard InChI is InChI=1S/C25H31N3O4S/c1-18-11-13-27(14-12-18)33(31,32)22-9-10-23-20(16-22)6-4-8-25(30)28(23)17-24(29)26-21-7-3-5-19(2)15-21/h3,5,7,9-10,15-16,18H,4,6,8,11-14,17H2,1-2H3,(H,26,29). The molecular weight excluding hydrogens is 438 g/mol. The van der Waals surface area contributed by atoms with Crippen molar-refractivity contribution in [3.8, 4) is 0 Å². The van der Waals surface area contributed by atoms with Crippen molar-refractivity contribution < 1.29 is 18.0 Å². The molecule has 4 rings (SSSR count). The van der Waals surface area contributed by atoms with Crippen LogP contribution < -0.4 is 10.2 Å². The Labute approximate surface area is 195 Å². The van der Waals surface area contributed by atoms with Crippen LogP contribution in [0.2, 0.25) is 0 Å². The maximum absolute atomic E-state index is 13.2. The first-order valence-electron chi connectivity index (χ1n) is 11.5. The fourth-order valence-electron chi connectivity index (χ4n) is 4.50. The van der Waals surface area contributed by atoms with Crippen LogP contribution in [0.1, 0.15) is 43.7 Å². The Bertz CT molecular complexity index is 1150. The van der Waals surface area contributed by atoms with E-state index in [4.69, 9.17) is 0 Å². The van der Waals surface area contributed by atoms with Gasteiger partial charge in [-0.2, -0.15) is 4.31 Å². The minimum absolute atomic E-state index is 0.115. The van der Waals surface area contributed by atoms with Gasteiger partial charge in [-0.15, -0.1) is 0 Å². The third-order valence-corrected chi connectivity index (χ3v) is 8.36. The zero-order valence-corrected chi connectivity index (χ0v) is 20.0. The number of hydrogen-bond acceptors (Lipinski definition) is 4. The zero-order valence-electron chi connectivity index (χ0n) is 19.2. The van der Waals surface area contributed by atoms with Crippen molar-refractivity contribution in [2.75, 3.05) is 29.9 Å². The molecule has 1 fully saturated rings. The normalized spacial score (nSPS) is 18.0. The molecule has 0 aliphatic carbocycles. The van der Waals surface area contributed by atoms with E-state index in [1.165, 1.54) is 4.90 Å². The third-order valence-electron chi connectivity index (χ3n) is 6.46. The van der Waals surface area contributed by atoms with Gasteiger partial charge in [-0.1, -0.05) is 19.1 Å². The van der Waals surface area contributed by atoms with Gasteiger partial charge in [-0.25, -0.2) is 8.42 Å². The van der Waals surface area contributed by atoms with Crippen molar-refractivity contribution in [1.29, 1.82) is 0 Å². The van der Waals surface area contributed by atoms with E-state index in [1.807, 2.05) is 31.2 Å². The summed E-state index contributed by atoms with van der Waals surface area (Å²) in [5.41, 5.74) is 3.11. The number of piperidine rings is 1. The van der Waals surface area contributed by atoms with Crippen LogP contribution >= 0.6 is 0 Å². The predicted molar refractivity (Wildman–Crippen MR) is 129 cm³/mol. The Morgan fingerprint density at radius 1 is 1.09 bits per heavy atom. The summed E-state index contributed by atoms with van der Waals surface area (Å²) < 4.78 is 28.0. The molecule has 2 aliphatic rings. The Hall–Kier alpha value is -2.71. The molecule has 0 unspecified atom stereocenters. The van der Waals surface area contributed by atoms with Gasteiger partial charge in [0, 0.05) is 30.9 Å². The van der Waals surface area contributed by atoms with Crippen molar-refractivity contribution in [3.63, 3.8) is 0 Å². The third kappa shape index (κ3) is 5.28. The summed E-state index contributed by atoms with van der Waals surface area (Å²) in [4.78, 5) is 27.2. The van der Waals surface area contributed by atoms with Crippen LogP contribution in [0.15, 0.2) is 47.4 Å². The first kappa shape index (κ1) is 23.4. The second-order valence-corrected chi connectivity index (χ2v) is 11.1. The molecule has 0 saturated carbocycles. The van der Waals surface area contributed by atoms with Crippen molar-refractivity contribution in [2.24, 2.45) is 5.92 Å². The Kier molecular flexibility index (Phi) is 6.86. The highest BCUT2D eigenvalue weighted by Crippen LogP contribution is 2.31. The van der Waals surface area contributed by atoms with E-state index in [0.29, 0.717) is 49.6 Å². The monoisotopic (exact) mass is 469 g/mol. The van der Waals surface area contributed by atoms with Gasteiger partial charge in [-0.3, -0.25) is 9.59 Å². The summed E-state index contributed by atoms with van der Waals surface area (Å²) in [5.74, 6) is 0.115. The second-order valence-electron chi connectivity index (χ2n) is 9.13. The van der Waals surface area contributed by atoms with Crippen LogP contribution in [0.5, 0.6) is 0 Å². The number of sulfonamides is 1. The summed E-state index contributed by atoms with van der Waals surface area (Å²) in [7, 11) is -3.58. The maximum Gasteiger partial charge on any atom is 0.244 e. The molecule has 0 radical (unpaired) electrons. The Morgan fingerprint density at radius 2 is 1.85 bits per heavy atom. The summed E-state index contributed by atoms with van der Waals surface area (Å²) >= 11 is 0. The number of benzene rings is 2. The average molecular weight is 470 g/mol. The lowest BCUT2D eigenvalue weighted by Crippen LogP contribution is -2.38. The molecule has 1 N–H and O–H groups in total. The number of nitrogens with zero attached hydrogens (tertiary/aromatic N) is 2. The predicted octanol–water partition coefficient (Wildman–Crippen LogP) is 3.72. The largest absolute Gasteiger partial charge is 0.325 e. The first-order valence-corrected chi connectivity index (χ1v) is 13.0. The number of carbonyl (C=O) groups is 2. The highest BCUT2D eigenvalue weighted by atomic mass is 32.2. The van der Waals surface area contributed by atoms with E-state index >= 15 is 0 Å². The van der Waals surface area contributed by atoms with E-state index < -0.39 is 10.0 Å². The maximum atomic E-state index is 13.2. The summed E-state index contributed by atoms with van der Waals surface area (Å²) in [6.45, 7) is 5.04. The highest BCUT2D eigenvalue weighted by Gasteiger charge is 2.30. The SMILES string of the molecule is Cc1cccc(NC(=O)CN2C(=O)CCCc3cc(S(=O)(=O)N4CCC(C)CC4)ccc32)c1. The van der Waals surface area contributed by atoms with Gasteiger partial charge in [0.1, 0.15) is 6.54 Å². The number of hydrogen-bond donors (Lipinski definition) is 1. The van der Waals surface area contributed by atoms with Crippen molar-refractivity contribution in [3.05, 3.63) is 53.6 Å². The number of anilines is 2. The fraction of sp³-hybridized carbons (Fsp3) is 0.440. The smallest absolute Gasteiger partial charge is 0.244 e. The van der Waals surface area contributed by atoms with E-state index in [0.717, 1.165) is 24.0 Å². The van der Waals surface area contributed by atoms with Crippen molar-refractivity contribution >= 4 is 33.2 Å². The molecule has 2 heterocycles. The number of rotatable bonds is 5. The van der Waals surface area contributed by atoms with Crippen molar-refractivity contribution in [2.45, 2.75) is 50.8 Å². The molecule has 0 bridgehead atoms. The van der Waals surface area contributed by atoms with Crippen LogP contribution in [0, 0.1) is 12.8 Å². The van der Waals surface area contributed by atoms with Gasteiger partial charge >= 0.3 is 0 Å². The fourth-order valence-corrected chi connectivity index (χ4v) is 6.02. The second kappa shape index (κ2) is 9.65. The average Bonchev–Trinajstić information content (AvgIpc) is 2.92. The lowest BCUT2D eigenvalue weighted by Gasteiger charge is -2.30. The molecule has 176 valence electrons. The van der Waals surface area contributed by atoms with Crippen LogP contribution in [0.4, 0.5) is 11.4 Å². The molecule has 2 amide bonds. The van der Waals surface area contributed by atoms with Gasteiger partial charge in [0.2, 0.25) is 21.8 Å². The summed E-state index contributed by atoms with van der Waals surface area (Å²) in [6.07, 6.45) is 3.26. The van der Waals surface area contributed by atoms with Crippen LogP contribution in [-0.2, 0) is 26.0 Å². The molecule has 2 aromatic carbocycles. The van der Waals surface area contributed by atoms with Gasteiger partial charge < -0.3 is 10.2 Å². The molecule has 2 aliphatic heterocycles. The van der Waals surface area contributed by atoms with Gasteiger partial charge in [0.15, 0.2) is 0 Å². The molecule has 7 nitrogen and oxygen atoms in total. The number of aryl methyl sites for hydroxylation is 2. The molecule has 8 heteroatoms. The number of fused-ring (bicyclic) bond motifs is 1. The number of nitrogens with one attached hydrogen (secondary N) is 1. The minimum Gasteiger partial charge on any atom is -0.325 e. The van der Waals surface area contributed by atoms with Crippen LogP contribution in [0.25, 0.3) is 0 Å². The first-order chi connectivity index (χ1) is 15.7. The number of amides is 2. The Morgan fingerprint density at radius 3 is 2.58 bits per heavy atom. The minimum atomic E-state index is -3.58. The van der Waals surface area contributed by atoms with Crippen molar-refractivity contribution in [1.82, 2.24) is 4.31 Å². The topological polar surface area (TPSA) is 86.8 Å². The van der Waals surface area contributed by atoms with Gasteiger partial charge in [0.05, 0.1) is 4.90 Å². The molecule has 1 saturated heterocycles. The van der Waals surface area contributed by atoms with Crippen LogP contribution in [-0.4, -0.2) is 44.2 Å². The lowest BCUT2D eigenvalue weighted by atomic mass is 10.0. The van der Waals surface area contributed by atoms with Crippen LogP contribution in [0.3, 0.4) is 0 Å². The highest BCUT2D eigenvalue weighted by molar-refractivity contribution is 7.89. The van der Waals surface area contributed by atoms with E-state index in [9.17, 15) is 18.0 Å². The molecule has 0 spiro atoms. The Balaban J connectivity index is 1.56. The molecule has 0 atom stereocenters. The van der Waals surface area contributed by atoms with Gasteiger partial charge in [-0.05, 0) is 80.0 Å². The van der Waals surface area contributed by atoms with E-state index in [-0.39, 0.29) is 23.3 Å². The molecular formula is C25H31N3O4S. The zero-order chi connectivity index (χ0) is 23.6. The number of carbonyl (C=O) groups excluding carboxylic acids is 2. The van der Waals surface area contributed by atoms with Gasteiger partial charge in [0.25, 0.3) is 0 Å². The molecule has 33 heavy (non-hydrogen) atoms. The summed E-state index contributed by atoms with van der Waals surface area (Å²) in [5, 5.41) is 2.85. The molecule has 0 aromatic heterocycles. The van der Waals surface area contributed by atoms with E-state index in [1.54, 1.807) is 22.5 Å². The quantitative estimate of drug-likeness (QED) is 0.723. The molecule has 2 aromatic rings.